The monoisotopic (exact) mass is 853 g/mol. The Bertz CT molecular complexity index is 1470. The number of nitrogens with zero attached hydrogens (tertiary/aromatic N) is 2. The maximum Gasteiger partial charge on any atom is 0.311 e. The molecule has 18 atom stereocenters. The number of hydrogen-bond acceptors (Lipinski definition) is 14. The molecular formula is C46H80N2O12. The number of carbonyl (C=O) groups excluding carboxylic acids is 1. The van der Waals surface area contributed by atoms with Crippen molar-refractivity contribution in [3.63, 3.8) is 0 Å². The number of aryl methyl sites for hydroxylation is 1. The minimum Gasteiger partial charge on any atom is -0.459 e. The molecule has 0 radical (unpaired) electrons. The lowest BCUT2D eigenvalue weighted by molar-refractivity contribution is -0.318. The van der Waals surface area contributed by atoms with Crippen LogP contribution in [0.5, 0.6) is 0 Å². The molecule has 0 aliphatic carbocycles. The highest BCUT2D eigenvalue weighted by molar-refractivity contribution is 5.73. The molecule has 14 nitrogen and oxygen atoms in total. The van der Waals surface area contributed by atoms with E-state index in [2.05, 4.69) is 17.0 Å². The molecular weight excluding hydrogens is 773 g/mol. The molecule has 60 heavy (non-hydrogen) atoms. The van der Waals surface area contributed by atoms with Crippen LogP contribution in [-0.4, -0.2) is 166 Å². The van der Waals surface area contributed by atoms with Gasteiger partial charge in [0.05, 0.1) is 41.5 Å². The van der Waals surface area contributed by atoms with Crippen LogP contribution in [0.25, 0.3) is 0 Å². The molecule has 1 aromatic rings. The molecule has 3 aliphatic heterocycles. The van der Waals surface area contributed by atoms with E-state index in [0.29, 0.717) is 19.5 Å². The Morgan fingerprint density at radius 2 is 1.57 bits per heavy atom. The standard InChI is InChI=1S/C46H80N2O12/c1-14-35-46(10,54)39(50)31(6)48(22-18-21-33-19-16-15-17-20-33)26-27(2)24-44(8,53)41(60-43-37(49)34(47(11)12)23-28(3)56-43)29(4)38(30(5)42(52)58-35)59-36-25-45(9,55-13)40(51)32(7)57-36/h15-17,19-20,27-32,34-41,43,49-51,53-54H,14,18,21-26H2,1-13H3/t27-,28-,29+,30-,31-,32+,34+,35-,36+,37-,38+,39-,40+,41-,43+,44-,45-,46-/m1/s1. The normalized spacial score (nSPS) is 44.5. The van der Waals surface area contributed by atoms with Gasteiger partial charge in [-0.3, -0.25) is 9.69 Å². The molecule has 0 aromatic heterocycles. The zero-order valence-corrected chi connectivity index (χ0v) is 38.7. The third kappa shape index (κ3) is 12.1. The second-order valence-electron chi connectivity index (χ2n) is 19.3. The number of aliphatic hydroxyl groups excluding tert-OH is 3. The van der Waals surface area contributed by atoms with Crippen LogP contribution in [0.4, 0.5) is 0 Å². The maximum absolute atomic E-state index is 14.5. The van der Waals surface area contributed by atoms with Gasteiger partial charge in [-0.15, -0.1) is 0 Å². The topological polar surface area (TPSA) is 180 Å². The SMILES string of the molecule is CC[C@H]1OC(=O)[C@H](C)[C@@H](O[C@H]2C[C@@](C)(OC)[C@@H](O)[C@H](C)O2)[C@H](C)[C@@H](O[C@@H]2O[C@H](C)C[C@H](N(C)C)[C@H]2O)[C@](C)(O)C[C@@H](C)CN(CCCc2ccccc2)[C@H](C)[C@@H](O)[C@]1(C)O. The van der Waals surface area contributed by atoms with Crippen LogP contribution < -0.4 is 0 Å². The highest BCUT2D eigenvalue weighted by Crippen LogP contribution is 2.40. The predicted molar refractivity (Wildman–Crippen MR) is 228 cm³/mol. The van der Waals surface area contributed by atoms with E-state index >= 15 is 0 Å². The van der Waals surface area contributed by atoms with E-state index in [-0.39, 0.29) is 37.3 Å². The number of benzene rings is 1. The van der Waals surface area contributed by atoms with Gasteiger partial charge in [0, 0.05) is 38.1 Å². The first-order chi connectivity index (χ1) is 28.0. The lowest BCUT2D eigenvalue weighted by Gasteiger charge is -2.48. The number of cyclic esters (lactones) is 1. The van der Waals surface area contributed by atoms with E-state index in [4.69, 9.17) is 28.4 Å². The van der Waals surface area contributed by atoms with Crippen LogP contribution in [0.2, 0.25) is 0 Å². The molecule has 0 unspecified atom stereocenters. The van der Waals surface area contributed by atoms with Gasteiger partial charge in [0.1, 0.15) is 30.0 Å². The van der Waals surface area contributed by atoms with Crippen molar-refractivity contribution in [2.75, 3.05) is 34.3 Å². The summed E-state index contributed by atoms with van der Waals surface area (Å²) in [7, 11) is 5.30. The smallest absolute Gasteiger partial charge is 0.311 e. The summed E-state index contributed by atoms with van der Waals surface area (Å²) in [5.74, 6) is -2.65. The number of methoxy groups -OCH3 is 1. The Kier molecular flexibility index (Phi) is 18.0. The van der Waals surface area contributed by atoms with Gasteiger partial charge in [-0.2, -0.15) is 0 Å². The second kappa shape index (κ2) is 21.3. The number of ether oxygens (including phenoxy) is 6. The first-order valence-electron chi connectivity index (χ1n) is 22.3. The van der Waals surface area contributed by atoms with Gasteiger partial charge in [-0.1, -0.05) is 51.1 Å². The van der Waals surface area contributed by atoms with Crippen LogP contribution in [0.15, 0.2) is 30.3 Å². The number of esters is 1. The molecule has 3 fully saturated rings. The average molecular weight is 853 g/mol. The van der Waals surface area contributed by atoms with Gasteiger partial charge >= 0.3 is 5.97 Å². The van der Waals surface area contributed by atoms with Crippen LogP contribution in [-0.2, 0) is 39.6 Å². The minimum absolute atomic E-state index is 0.127. The zero-order chi connectivity index (χ0) is 44.9. The van der Waals surface area contributed by atoms with Crippen molar-refractivity contribution >= 4 is 5.97 Å². The Hall–Kier alpha value is -1.79. The number of rotatable bonds is 11. The molecule has 0 saturated carbocycles. The van der Waals surface area contributed by atoms with Gasteiger partial charge in [0.25, 0.3) is 0 Å². The van der Waals surface area contributed by atoms with Crippen molar-refractivity contribution in [3.8, 4) is 0 Å². The number of hydrogen-bond donors (Lipinski definition) is 5. The van der Waals surface area contributed by atoms with Crippen molar-refractivity contribution in [1.82, 2.24) is 9.80 Å². The van der Waals surface area contributed by atoms with Crippen LogP contribution in [0, 0.1) is 17.8 Å². The van der Waals surface area contributed by atoms with E-state index in [1.165, 1.54) is 19.6 Å². The highest BCUT2D eigenvalue weighted by Gasteiger charge is 2.53. The second-order valence-corrected chi connectivity index (χ2v) is 19.3. The Morgan fingerprint density at radius 3 is 2.17 bits per heavy atom. The summed E-state index contributed by atoms with van der Waals surface area (Å²) in [6, 6.07) is 9.33. The molecule has 14 heteroatoms. The molecule has 1 aromatic carbocycles. The van der Waals surface area contributed by atoms with Gasteiger partial charge < -0.3 is 58.9 Å². The van der Waals surface area contributed by atoms with E-state index in [1.807, 2.05) is 64.9 Å². The maximum atomic E-state index is 14.5. The Balaban J connectivity index is 1.81. The number of aliphatic hydroxyl groups is 5. The molecule has 4 rings (SSSR count). The van der Waals surface area contributed by atoms with Crippen molar-refractivity contribution in [2.45, 2.75) is 198 Å². The first kappa shape index (κ1) is 50.9. The molecule has 346 valence electrons. The third-order valence-electron chi connectivity index (χ3n) is 13.8. The van der Waals surface area contributed by atoms with Crippen molar-refractivity contribution in [3.05, 3.63) is 35.9 Å². The molecule has 3 heterocycles. The largest absolute Gasteiger partial charge is 0.459 e. The van der Waals surface area contributed by atoms with E-state index in [1.54, 1.807) is 34.6 Å². The summed E-state index contributed by atoms with van der Waals surface area (Å²) in [5, 5.41) is 59.6. The fourth-order valence-electron chi connectivity index (χ4n) is 10.0. The van der Waals surface area contributed by atoms with Gasteiger partial charge in [0.15, 0.2) is 12.6 Å². The summed E-state index contributed by atoms with van der Waals surface area (Å²) in [6.07, 6.45) is -6.80. The summed E-state index contributed by atoms with van der Waals surface area (Å²) in [5.41, 5.74) is -3.26. The predicted octanol–water partition coefficient (Wildman–Crippen LogP) is 3.90. The quantitative estimate of drug-likeness (QED) is 0.203. The summed E-state index contributed by atoms with van der Waals surface area (Å²) in [4.78, 5) is 18.6. The van der Waals surface area contributed by atoms with E-state index in [9.17, 15) is 30.3 Å². The fourth-order valence-corrected chi connectivity index (χ4v) is 10.0. The van der Waals surface area contributed by atoms with Crippen LogP contribution in [0.1, 0.15) is 107 Å². The summed E-state index contributed by atoms with van der Waals surface area (Å²) >= 11 is 0. The molecule has 0 amide bonds. The summed E-state index contributed by atoms with van der Waals surface area (Å²) in [6.45, 7) is 18.9. The van der Waals surface area contributed by atoms with Gasteiger partial charge in [-0.05, 0) is 113 Å². The average Bonchev–Trinajstić information content (AvgIpc) is 3.19. The first-order valence-corrected chi connectivity index (χ1v) is 22.3. The Morgan fingerprint density at radius 1 is 0.917 bits per heavy atom. The molecule has 5 N–H and O–H groups in total. The third-order valence-corrected chi connectivity index (χ3v) is 13.8. The number of carbonyl (C=O) groups is 1. The lowest BCUT2D eigenvalue weighted by Crippen LogP contribution is -2.60. The molecule has 3 saturated heterocycles. The zero-order valence-electron chi connectivity index (χ0n) is 38.7. The summed E-state index contributed by atoms with van der Waals surface area (Å²) < 4.78 is 38.0. The van der Waals surface area contributed by atoms with Crippen LogP contribution >= 0.6 is 0 Å². The highest BCUT2D eigenvalue weighted by atomic mass is 16.7. The Labute approximate surface area is 359 Å². The molecule has 0 spiro atoms. The molecule has 0 bridgehead atoms. The van der Waals surface area contributed by atoms with E-state index < -0.39 is 96.0 Å². The lowest BCUT2D eigenvalue weighted by atomic mass is 9.77. The van der Waals surface area contributed by atoms with Crippen molar-refractivity contribution < 1.29 is 58.7 Å². The van der Waals surface area contributed by atoms with Crippen LogP contribution in [0.3, 0.4) is 0 Å². The van der Waals surface area contributed by atoms with Crippen molar-refractivity contribution in [1.29, 1.82) is 0 Å². The van der Waals surface area contributed by atoms with Crippen molar-refractivity contribution in [2.24, 2.45) is 17.8 Å². The molecule has 3 aliphatic rings. The minimum atomic E-state index is -1.84. The number of likely N-dealkylation sites (N-methyl/N-ethyl adjacent to an activating group) is 1. The van der Waals surface area contributed by atoms with Gasteiger partial charge in [-0.25, -0.2) is 0 Å². The fraction of sp³-hybridized carbons (Fsp3) is 0.848. The van der Waals surface area contributed by atoms with E-state index in [0.717, 1.165) is 12.8 Å². The van der Waals surface area contributed by atoms with Gasteiger partial charge in [0.2, 0.25) is 0 Å².